The van der Waals surface area contributed by atoms with Crippen molar-refractivity contribution in [3.05, 3.63) is 53.5 Å². The molecule has 8 N–H and O–H groups in total. The number of alkyl halides is 2. The van der Waals surface area contributed by atoms with E-state index in [-0.39, 0.29) is 28.4 Å². The molecule has 2 heterocycles. The van der Waals surface area contributed by atoms with Gasteiger partial charge in [0.15, 0.2) is 17.6 Å². The largest absolute Gasteiger partial charge is 0.586 e. The number of rotatable bonds is 8. The SMILES string of the molecule is CNc1cc2cc(C(C)(C)C(O)(O)O)n(CC(O)C(O)(O)O)c2cc1F.O=CC1(c2ccc3c(c2)OC(F)(F)O3)CC1. The van der Waals surface area contributed by atoms with Gasteiger partial charge in [-0.15, -0.1) is 8.78 Å². The van der Waals surface area contributed by atoms with E-state index in [1.54, 1.807) is 6.07 Å². The lowest BCUT2D eigenvalue weighted by Gasteiger charge is -2.35. The van der Waals surface area contributed by atoms with Gasteiger partial charge in [-0.05, 0) is 56.5 Å². The van der Waals surface area contributed by atoms with Gasteiger partial charge in [0.1, 0.15) is 12.1 Å². The summed E-state index contributed by atoms with van der Waals surface area (Å²) in [5.41, 5.74) is -1.15. The van der Waals surface area contributed by atoms with Crippen LogP contribution in [-0.2, 0) is 22.2 Å². The van der Waals surface area contributed by atoms with Gasteiger partial charge in [-0.1, -0.05) is 6.07 Å². The third kappa shape index (κ3) is 5.89. The second kappa shape index (κ2) is 10.4. The molecular weight excluding hydrogens is 569 g/mol. The lowest BCUT2D eigenvalue weighted by molar-refractivity contribution is -0.357. The number of aromatic nitrogens is 1. The van der Waals surface area contributed by atoms with Crippen LogP contribution in [0.15, 0.2) is 36.4 Å². The van der Waals surface area contributed by atoms with Crippen molar-refractivity contribution in [1.82, 2.24) is 4.57 Å². The van der Waals surface area contributed by atoms with Crippen LogP contribution in [0.4, 0.5) is 18.9 Å². The molecule has 2 aliphatic rings. The van der Waals surface area contributed by atoms with Crippen molar-refractivity contribution in [2.75, 3.05) is 12.4 Å². The maximum Gasteiger partial charge on any atom is 0.586 e. The van der Waals surface area contributed by atoms with E-state index in [0.717, 1.165) is 29.8 Å². The number of benzene rings is 2. The van der Waals surface area contributed by atoms with Crippen LogP contribution in [0.25, 0.3) is 10.9 Å². The number of aliphatic hydroxyl groups excluding tert-OH is 1. The highest BCUT2D eigenvalue weighted by molar-refractivity contribution is 5.85. The zero-order chi connectivity index (χ0) is 31.5. The Morgan fingerprint density at radius 3 is 2.17 bits per heavy atom. The topological polar surface area (TPSA) is 194 Å². The number of fused-ring (bicyclic) bond motifs is 2. The second-order valence-corrected chi connectivity index (χ2v) is 10.8. The van der Waals surface area contributed by atoms with E-state index in [1.807, 2.05) is 0 Å². The number of aldehydes is 1. The number of halogens is 3. The molecule has 3 aromatic rings. The second-order valence-electron chi connectivity index (χ2n) is 10.8. The van der Waals surface area contributed by atoms with E-state index in [0.29, 0.717) is 10.9 Å². The normalized spacial score (nSPS) is 17.8. The predicted octanol–water partition coefficient (Wildman–Crippen LogP) is 0.961. The summed E-state index contributed by atoms with van der Waals surface area (Å²) in [5, 5.41) is 69.5. The molecule has 0 saturated heterocycles. The summed E-state index contributed by atoms with van der Waals surface area (Å²) in [4.78, 5) is 10.9. The number of aliphatic hydroxyl groups is 7. The summed E-state index contributed by atoms with van der Waals surface area (Å²) < 4.78 is 49.4. The Balaban J connectivity index is 0.000000214. The number of nitrogens with one attached hydrogen (secondary N) is 1. The molecule has 12 nitrogen and oxygen atoms in total. The van der Waals surface area contributed by atoms with Crippen molar-refractivity contribution >= 4 is 22.9 Å². The Morgan fingerprint density at radius 2 is 1.64 bits per heavy atom. The van der Waals surface area contributed by atoms with Crippen molar-refractivity contribution in [3.63, 3.8) is 0 Å². The average Bonchev–Trinajstić information content (AvgIpc) is 3.51. The first kappa shape index (κ1) is 31.5. The van der Waals surface area contributed by atoms with Crippen LogP contribution in [0.1, 0.15) is 37.9 Å². The van der Waals surface area contributed by atoms with E-state index >= 15 is 0 Å². The molecule has 0 radical (unpaired) electrons. The number of hydrogen-bond donors (Lipinski definition) is 8. The Hall–Kier alpha value is -3.44. The van der Waals surface area contributed by atoms with Crippen molar-refractivity contribution < 1.29 is 63.2 Å². The van der Waals surface area contributed by atoms with Gasteiger partial charge in [0.2, 0.25) is 0 Å². The van der Waals surface area contributed by atoms with Crippen LogP contribution in [0, 0.1) is 5.82 Å². The smallest absolute Gasteiger partial charge is 0.395 e. The van der Waals surface area contributed by atoms with Gasteiger partial charge in [0, 0.05) is 24.2 Å². The van der Waals surface area contributed by atoms with E-state index in [1.165, 1.54) is 45.2 Å². The highest BCUT2D eigenvalue weighted by atomic mass is 19.3. The summed E-state index contributed by atoms with van der Waals surface area (Å²) in [6.45, 7) is 1.92. The van der Waals surface area contributed by atoms with Crippen molar-refractivity contribution in [2.24, 2.45) is 0 Å². The lowest BCUT2D eigenvalue weighted by Crippen LogP contribution is -2.50. The van der Waals surface area contributed by atoms with Crippen LogP contribution in [0.2, 0.25) is 0 Å². The maximum absolute atomic E-state index is 14.2. The van der Waals surface area contributed by atoms with E-state index < -0.39 is 47.5 Å². The van der Waals surface area contributed by atoms with Crippen LogP contribution in [-0.4, -0.2) is 78.0 Å². The molecule has 1 unspecified atom stereocenters. The highest BCUT2D eigenvalue weighted by Gasteiger charge is 2.48. The monoisotopic (exact) mass is 600 g/mol. The van der Waals surface area contributed by atoms with Gasteiger partial charge in [0.25, 0.3) is 5.97 Å². The molecule has 42 heavy (non-hydrogen) atoms. The highest BCUT2D eigenvalue weighted by Crippen LogP contribution is 2.50. The first-order chi connectivity index (χ1) is 19.2. The van der Waals surface area contributed by atoms with Gasteiger partial charge in [-0.25, -0.2) is 4.39 Å². The van der Waals surface area contributed by atoms with Crippen molar-refractivity contribution in [3.8, 4) is 11.5 Å². The van der Waals surface area contributed by atoms with Crippen LogP contribution < -0.4 is 14.8 Å². The first-order valence-corrected chi connectivity index (χ1v) is 12.6. The Kier molecular flexibility index (Phi) is 7.78. The van der Waals surface area contributed by atoms with Gasteiger partial charge >= 0.3 is 12.3 Å². The Bertz CT molecular complexity index is 1490. The number of hydrogen-bond acceptors (Lipinski definition) is 11. The summed E-state index contributed by atoms with van der Waals surface area (Å²) in [5.74, 6) is -7.25. The number of ether oxygens (including phenoxy) is 2. The first-order valence-electron chi connectivity index (χ1n) is 12.6. The van der Waals surface area contributed by atoms with Gasteiger partial charge in [-0.2, -0.15) is 0 Å². The fraction of sp³-hybridized carbons (Fsp3) is 0.444. The van der Waals surface area contributed by atoms with Gasteiger partial charge in [0.05, 0.1) is 28.6 Å². The molecule has 0 bridgehead atoms. The molecule has 1 atom stereocenters. The van der Waals surface area contributed by atoms with Gasteiger partial charge < -0.3 is 59.9 Å². The minimum Gasteiger partial charge on any atom is -0.395 e. The number of carbonyl (C=O) groups excluding carboxylic acids is 1. The fourth-order valence-electron chi connectivity index (χ4n) is 4.53. The molecule has 1 aromatic heterocycles. The van der Waals surface area contributed by atoms with E-state index in [2.05, 4.69) is 14.8 Å². The molecule has 1 aliphatic carbocycles. The molecular formula is C27H31F3N2O10. The van der Waals surface area contributed by atoms with Crippen LogP contribution >= 0.6 is 0 Å². The van der Waals surface area contributed by atoms with Crippen molar-refractivity contribution in [1.29, 1.82) is 0 Å². The summed E-state index contributed by atoms with van der Waals surface area (Å²) >= 11 is 0. The molecule has 15 heteroatoms. The molecule has 1 saturated carbocycles. The number of carbonyl (C=O) groups is 1. The Morgan fingerprint density at radius 1 is 1.02 bits per heavy atom. The average molecular weight is 601 g/mol. The third-order valence-corrected chi connectivity index (χ3v) is 7.53. The molecule has 230 valence electrons. The zero-order valence-electron chi connectivity index (χ0n) is 22.7. The van der Waals surface area contributed by atoms with Crippen LogP contribution in [0.3, 0.4) is 0 Å². The zero-order valence-corrected chi connectivity index (χ0v) is 22.7. The maximum atomic E-state index is 14.2. The molecule has 5 rings (SSSR count). The fourth-order valence-corrected chi connectivity index (χ4v) is 4.53. The van der Waals surface area contributed by atoms with Crippen LogP contribution in [0.5, 0.6) is 11.5 Å². The van der Waals surface area contributed by atoms with E-state index in [4.69, 9.17) is 15.3 Å². The molecule has 0 spiro atoms. The summed E-state index contributed by atoms with van der Waals surface area (Å²) in [6.07, 6.45) is -3.33. The molecule has 2 aromatic carbocycles. The quantitative estimate of drug-likeness (QED) is 0.136. The van der Waals surface area contributed by atoms with E-state index in [9.17, 15) is 38.4 Å². The van der Waals surface area contributed by atoms with Crippen molar-refractivity contribution in [2.45, 2.75) is 68.4 Å². The molecule has 1 aliphatic heterocycles. The lowest BCUT2D eigenvalue weighted by atomic mass is 9.86. The minimum atomic E-state index is -3.60. The standard InChI is InChI=1S/C16H23FN2O7.C11H8F2O3/c1-14(2,16(24,25)26)12-5-8-4-10(18-3)9(17)6-11(8)19(12)7-13(20)15(21,22)23;12-11(13)15-8-2-1-7(5-9(8)16-11)10(6-14)3-4-10/h4-6,13,18,20-26H,7H2,1-3H3;1-2,5-6H,3-4H2. The third-order valence-electron chi connectivity index (χ3n) is 7.53. The minimum absolute atomic E-state index is 0.00405. The van der Waals surface area contributed by atoms with Gasteiger partial charge in [-0.3, -0.25) is 0 Å². The number of nitrogens with zero attached hydrogens (tertiary/aromatic N) is 1. The summed E-state index contributed by atoms with van der Waals surface area (Å²) in [7, 11) is 1.51. The molecule has 1 fully saturated rings. The number of anilines is 1. The summed E-state index contributed by atoms with van der Waals surface area (Å²) in [6, 6.07) is 8.44. The predicted molar refractivity (Wildman–Crippen MR) is 139 cm³/mol. The Labute approximate surface area is 236 Å². The molecule has 0 amide bonds.